The van der Waals surface area contributed by atoms with Gasteiger partial charge >= 0.3 is 0 Å². The van der Waals surface area contributed by atoms with E-state index in [1.165, 1.54) is 12.1 Å². The van der Waals surface area contributed by atoms with Gasteiger partial charge in [-0.15, -0.1) is 0 Å². The first-order valence-corrected chi connectivity index (χ1v) is 9.54. The highest BCUT2D eigenvalue weighted by molar-refractivity contribution is 7.89. The van der Waals surface area contributed by atoms with Gasteiger partial charge in [0.05, 0.1) is 16.7 Å². The molecule has 24 heavy (non-hydrogen) atoms. The van der Waals surface area contributed by atoms with E-state index in [2.05, 4.69) is 0 Å². The van der Waals surface area contributed by atoms with E-state index in [1.807, 2.05) is 4.90 Å². The van der Waals surface area contributed by atoms with Gasteiger partial charge in [0.2, 0.25) is 10.0 Å². The SMILES string of the molecule is NS(=O)(=O)c1ccc([N+](=O)[O-])cc1N1CCC2CC(O)CCC2C1. The molecule has 9 heteroatoms. The van der Waals surface area contributed by atoms with E-state index < -0.39 is 14.9 Å². The first kappa shape index (κ1) is 17.1. The van der Waals surface area contributed by atoms with E-state index in [4.69, 9.17) is 5.14 Å². The summed E-state index contributed by atoms with van der Waals surface area (Å²) in [6.45, 7) is 1.22. The van der Waals surface area contributed by atoms with Gasteiger partial charge in [0, 0.05) is 25.2 Å². The first-order valence-electron chi connectivity index (χ1n) is 8.00. The number of sulfonamides is 1. The fourth-order valence-electron chi connectivity index (χ4n) is 3.92. The largest absolute Gasteiger partial charge is 0.393 e. The maximum Gasteiger partial charge on any atom is 0.271 e. The van der Waals surface area contributed by atoms with Crippen LogP contribution in [0.5, 0.6) is 0 Å². The number of nitro groups is 1. The molecule has 3 N–H and O–H groups in total. The van der Waals surface area contributed by atoms with E-state index in [0.717, 1.165) is 31.7 Å². The van der Waals surface area contributed by atoms with Gasteiger partial charge < -0.3 is 10.0 Å². The smallest absolute Gasteiger partial charge is 0.271 e. The summed E-state index contributed by atoms with van der Waals surface area (Å²) in [5.74, 6) is 0.774. The number of piperidine rings is 1. The van der Waals surface area contributed by atoms with Gasteiger partial charge in [0.1, 0.15) is 4.90 Å². The van der Waals surface area contributed by atoms with Gasteiger partial charge in [0.25, 0.3) is 5.69 Å². The van der Waals surface area contributed by atoms with Crippen LogP contribution in [0.15, 0.2) is 23.1 Å². The van der Waals surface area contributed by atoms with Crippen LogP contribution in [0.25, 0.3) is 0 Å². The summed E-state index contributed by atoms with van der Waals surface area (Å²) in [6, 6.07) is 3.66. The van der Waals surface area contributed by atoms with Gasteiger partial charge in [-0.2, -0.15) is 0 Å². The highest BCUT2D eigenvalue weighted by atomic mass is 32.2. The number of nitrogens with two attached hydrogens (primary N) is 1. The number of rotatable bonds is 3. The van der Waals surface area contributed by atoms with Crippen molar-refractivity contribution < 1.29 is 18.4 Å². The molecule has 0 amide bonds. The van der Waals surface area contributed by atoms with Crippen LogP contribution in [-0.2, 0) is 10.0 Å². The van der Waals surface area contributed by atoms with Crippen LogP contribution in [0.3, 0.4) is 0 Å². The molecule has 0 radical (unpaired) electrons. The number of non-ortho nitro benzene ring substituents is 1. The zero-order valence-corrected chi connectivity index (χ0v) is 14.0. The Labute approximate surface area is 140 Å². The Bertz CT molecular complexity index is 751. The molecule has 2 aliphatic rings. The predicted molar refractivity (Wildman–Crippen MR) is 88.1 cm³/mol. The average molecular weight is 355 g/mol. The highest BCUT2D eigenvalue weighted by Crippen LogP contribution is 2.39. The van der Waals surface area contributed by atoms with Gasteiger partial charge in [0.15, 0.2) is 0 Å². The minimum atomic E-state index is -3.97. The zero-order valence-electron chi connectivity index (χ0n) is 13.2. The molecule has 1 saturated carbocycles. The van der Waals surface area contributed by atoms with Crippen molar-refractivity contribution in [2.75, 3.05) is 18.0 Å². The molecule has 1 aliphatic carbocycles. The van der Waals surface area contributed by atoms with Crippen molar-refractivity contribution in [3.05, 3.63) is 28.3 Å². The number of hydrogen-bond donors (Lipinski definition) is 2. The number of anilines is 1. The molecule has 2 fully saturated rings. The molecule has 0 aromatic heterocycles. The number of aliphatic hydroxyl groups excluding tert-OH is 1. The van der Waals surface area contributed by atoms with E-state index in [0.29, 0.717) is 30.6 Å². The Morgan fingerprint density at radius 1 is 1.25 bits per heavy atom. The van der Waals surface area contributed by atoms with Crippen molar-refractivity contribution >= 4 is 21.4 Å². The van der Waals surface area contributed by atoms with E-state index >= 15 is 0 Å². The standard InChI is InChI=1S/C15H21N3O5S/c16-24(22,23)15-4-2-12(18(20)21)8-14(15)17-6-5-10-7-13(19)3-1-11(10)9-17/h2,4,8,10-11,13,19H,1,3,5-7,9H2,(H2,16,22,23). The quantitative estimate of drug-likeness (QED) is 0.620. The molecule has 3 unspecified atom stereocenters. The molecule has 3 atom stereocenters. The lowest BCUT2D eigenvalue weighted by Gasteiger charge is -2.43. The zero-order chi connectivity index (χ0) is 17.5. The number of fused-ring (bicyclic) bond motifs is 1. The fraction of sp³-hybridized carbons (Fsp3) is 0.600. The fourth-order valence-corrected chi connectivity index (χ4v) is 4.65. The Morgan fingerprint density at radius 2 is 2.00 bits per heavy atom. The lowest BCUT2D eigenvalue weighted by Crippen LogP contribution is -2.44. The Kier molecular flexibility index (Phi) is 4.50. The van der Waals surface area contributed by atoms with Gasteiger partial charge in [-0.3, -0.25) is 10.1 Å². The molecule has 0 spiro atoms. The molecule has 132 valence electrons. The van der Waals surface area contributed by atoms with Crippen molar-refractivity contribution in [3.63, 3.8) is 0 Å². The Balaban J connectivity index is 1.93. The topological polar surface area (TPSA) is 127 Å². The molecule has 0 bridgehead atoms. The summed E-state index contributed by atoms with van der Waals surface area (Å²) >= 11 is 0. The summed E-state index contributed by atoms with van der Waals surface area (Å²) in [4.78, 5) is 12.3. The maximum atomic E-state index is 11.9. The normalized spacial score (nSPS) is 27.6. The average Bonchev–Trinajstić information content (AvgIpc) is 2.52. The number of primary sulfonamides is 1. The molecular weight excluding hydrogens is 334 g/mol. The third kappa shape index (κ3) is 3.38. The predicted octanol–water partition coefficient (Wildman–Crippen LogP) is 1.23. The van der Waals surface area contributed by atoms with Crippen molar-refractivity contribution in [1.29, 1.82) is 0 Å². The third-order valence-electron chi connectivity index (χ3n) is 5.14. The first-order chi connectivity index (χ1) is 11.3. The number of aliphatic hydroxyl groups is 1. The van der Waals surface area contributed by atoms with Crippen molar-refractivity contribution in [2.24, 2.45) is 17.0 Å². The Morgan fingerprint density at radius 3 is 2.67 bits per heavy atom. The molecular formula is C15H21N3O5S. The maximum absolute atomic E-state index is 11.9. The number of nitrogens with zero attached hydrogens (tertiary/aromatic N) is 2. The summed E-state index contributed by atoms with van der Waals surface area (Å²) in [5.41, 5.74) is 0.148. The second kappa shape index (κ2) is 6.30. The lowest BCUT2D eigenvalue weighted by atomic mass is 9.74. The van der Waals surface area contributed by atoms with E-state index in [-0.39, 0.29) is 16.7 Å². The van der Waals surface area contributed by atoms with E-state index in [1.54, 1.807) is 0 Å². The van der Waals surface area contributed by atoms with Gasteiger partial charge in [-0.05, 0) is 43.6 Å². The summed E-state index contributed by atoms with van der Waals surface area (Å²) < 4.78 is 23.7. The van der Waals surface area contributed by atoms with E-state index in [9.17, 15) is 23.6 Å². The van der Waals surface area contributed by atoms with Crippen LogP contribution < -0.4 is 10.0 Å². The van der Waals surface area contributed by atoms with Crippen LogP contribution in [0.2, 0.25) is 0 Å². The van der Waals surface area contributed by atoms with Gasteiger partial charge in [-0.25, -0.2) is 13.6 Å². The third-order valence-corrected chi connectivity index (χ3v) is 6.10. The summed E-state index contributed by atoms with van der Waals surface area (Å²) in [5, 5.41) is 26.1. The number of benzene rings is 1. The van der Waals surface area contributed by atoms with Crippen LogP contribution in [0, 0.1) is 22.0 Å². The molecule has 1 aromatic carbocycles. The monoisotopic (exact) mass is 355 g/mol. The second-order valence-electron chi connectivity index (χ2n) is 6.68. The second-order valence-corrected chi connectivity index (χ2v) is 8.21. The molecule has 8 nitrogen and oxygen atoms in total. The van der Waals surface area contributed by atoms with Crippen LogP contribution in [0.1, 0.15) is 25.7 Å². The Hall–Kier alpha value is -1.71. The molecule has 1 aliphatic heterocycles. The molecule has 1 heterocycles. The van der Waals surface area contributed by atoms with Crippen molar-refractivity contribution in [2.45, 2.75) is 36.7 Å². The van der Waals surface area contributed by atoms with Crippen molar-refractivity contribution in [1.82, 2.24) is 0 Å². The van der Waals surface area contributed by atoms with Crippen LogP contribution in [0.4, 0.5) is 11.4 Å². The van der Waals surface area contributed by atoms with Crippen molar-refractivity contribution in [3.8, 4) is 0 Å². The van der Waals surface area contributed by atoms with Crippen LogP contribution in [-0.4, -0.2) is 37.6 Å². The molecule has 1 aromatic rings. The number of hydrogen-bond acceptors (Lipinski definition) is 6. The number of nitro benzene ring substituents is 1. The minimum Gasteiger partial charge on any atom is -0.393 e. The summed E-state index contributed by atoms with van der Waals surface area (Å²) in [7, 11) is -3.97. The van der Waals surface area contributed by atoms with Gasteiger partial charge in [-0.1, -0.05) is 0 Å². The highest BCUT2D eigenvalue weighted by Gasteiger charge is 2.35. The minimum absolute atomic E-state index is 0.0811. The lowest BCUT2D eigenvalue weighted by molar-refractivity contribution is -0.384. The van der Waals surface area contributed by atoms with Crippen LogP contribution >= 0.6 is 0 Å². The molecule has 1 saturated heterocycles. The molecule has 3 rings (SSSR count). The summed E-state index contributed by atoms with van der Waals surface area (Å²) in [6.07, 6.45) is 2.97.